The quantitative estimate of drug-likeness (QED) is 0.845. The minimum atomic E-state index is -3.94. The van der Waals surface area contributed by atoms with Gasteiger partial charge in [0.15, 0.2) is 0 Å². The van der Waals surface area contributed by atoms with Crippen molar-refractivity contribution < 1.29 is 12.8 Å². The number of nitrogens with one attached hydrogen (secondary N) is 1. The van der Waals surface area contributed by atoms with E-state index in [1.165, 1.54) is 12.1 Å². The molecule has 4 nitrogen and oxygen atoms in total. The topological polar surface area (TPSA) is 72.2 Å². The van der Waals surface area contributed by atoms with Crippen LogP contribution in [0.4, 0.5) is 4.39 Å². The molecule has 2 rings (SSSR count). The Morgan fingerprint density at radius 2 is 2.19 bits per heavy atom. The molecular formula is C14H20BrFN2O2S. The number of hydrogen-bond donors (Lipinski definition) is 2. The fraction of sp³-hybridized carbons (Fsp3) is 0.571. The van der Waals surface area contributed by atoms with E-state index >= 15 is 0 Å². The van der Waals surface area contributed by atoms with E-state index in [1.807, 2.05) is 6.92 Å². The molecule has 0 amide bonds. The van der Waals surface area contributed by atoms with Gasteiger partial charge in [0.25, 0.3) is 0 Å². The Balaban J connectivity index is 2.35. The highest BCUT2D eigenvalue weighted by molar-refractivity contribution is 9.10. The zero-order valence-corrected chi connectivity index (χ0v) is 14.3. The molecule has 0 radical (unpaired) electrons. The molecule has 0 saturated heterocycles. The summed E-state index contributed by atoms with van der Waals surface area (Å²) in [6.07, 6.45) is 3.59. The second-order valence-electron chi connectivity index (χ2n) is 5.69. The van der Waals surface area contributed by atoms with Crippen molar-refractivity contribution in [1.82, 2.24) is 4.72 Å². The third-order valence-corrected chi connectivity index (χ3v) is 6.42. The van der Waals surface area contributed by atoms with Gasteiger partial charge >= 0.3 is 0 Å². The molecule has 0 spiro atoms. The lowest BCUT2D eigenvalue weighted by Gasteiger charge is -2.42. The smallest absolute Gasteiger partial charge is 0.244 e. The average molecular weight is 379 g/mol. The molecule has 1 saturated carbocycles. The van der Waals surface area contributed by atoms with Crippen LogP contribution in [0.15, 0.2) is 27.6 Å². The molecule has 3 N–H and O–H groups in total. The maximum absolute atomic E-state index is 13.9. The molecule has 0 bridgehead atoms. The van der Waals surface area contributed by atoms with E-state index < -0.39 is 21.4 Å². The zero-order chi connectivity index (χ0) is 15.7. The second kappa shape index (κ2) is 6.32. The highest BCUT2D eigenvalue weighted by Crippen LogP contribution is 2.34. The van der Waals surface area contributed by atoms with Gasteiger partial charge in [0.1, 0.15) is 10.7 Å². The van der Waals surface area contributed by atoms with Crippen LogP contribution in [0.1, 0.15) is 32.6 Å². The zero-order valence-electron chi connectivity index (χ0n) is 11.9. The highest BCUT2D eigenvalue weighted by atomic mass is 79.9. The molecule has 7 heteroatoms. The molecule has 0 aromatic heterocycles. The lowest BCUT2D eigenvalue weighted by molar-refractivity contribution is 0.191. The summed E-state index contributed by atoms with van der Waals surface area (Å²) in [5.41, 5.74) is 5.16. The van der Waals surface area contributed by atoms with Gasteiger partial charge in [-0.15, -0.1) is 0 Å². The first kappa shape index (κ1) is 16.9. The number of rotatable bonds is 4. The fourth-order valence-electron chi connectivity index (χ4n) is 2.93. The summed E-state index contributed by atoms with van der Waals surface area (Å²) in [4.78, 5) is -0.337. The molecule has 2 atom stereocenters. The molecule has 0 aliphatic heterocycles. The van der Waals surface area contributed by atoms with Gasteiger partial charge in [-0.25, -0.2) is 17.5 Å². The standard InChI is InChI=1S/C14H20BrFN2O2S/c1-10-4-2-3-7-14(10,9-17)18-21(19,20)13-6-5-11(15)8-12(13)16/h5-6,8,10,18H,2-4,7,9,17H2,1H3. The Labute approximate surface area is 133 Å². The van der Waals surface area contributed by atoms with Gasteiger partial charge in [0.05, 0.1) is 0 Å². The van der Waals surface area contributed by atoms with Gasteiger partial charge < -0.3 is 5.73 Å². The van der Waals surface area contributed by atoms with Gasteiger partial charge in [-0.2, -0.15) is 0 Å². The molecular weight excluding hydrogens is 359 g/mol. The van der Waals surface area contributed by atoms with Crippen LogP contribution in [0.3, 0.4) is 0 Å². The van der Waals surface area contributed by atoms with Crippen molar-refractivity contribution in [3.8, 4) is 0 Å². The van der Waals surface area contributed by atoms with Gasteiger partial charge in [0, 0.05) is 16.6 Å². The number of nitrogens with two attached hydrogens (primary N) is 1. The minimum absolute atomic E-state index is 0.129. The van der Waals surface area contributed by atoms with E-state index in [0.717, 1.165) is 25.3 Å². The van der Waals surface area contributed by atoms with Crippen LogP contribution in [0.5, 0.6) is 0 Å². The molecule has 1 aliphatic carbocycles. The number of halogens is 2. The molecule has 1 aromatic rings. The molecule has 2 unspecified atom stereocenters. The van der Waals surface area contributed by atoms with Crippen LogP contribution in [-0.2, 0) is 10.0 Å². The van der Waals surface area contributed by atoms with Gasteiger partial charge in [-0.05, 0) is 37.0 Å². The maximum Gasteiger partial charge on any atom is 0.244 e. The highest BCUT2D eigenvalue weighted by Gasteiger charge is 2.41. The Hall–Kier alpha value is -0.500. The molecule has 1 fully saturated rings. The fourth-order valence-corrected chi connectivity index (χ4v) is 4.85. The van der Waals surface area contributed by atoms with Gasteiger partial charge in [-0.3, -0.25) is 0 Å². The van der Waals surface area contributed by atoms with E-state index in [-0.39, 0.29) is 17.4 Å². The average Bonchev–Trinajstić information content (AvgIpc) is 2.40. The summed E-state index contributed by atoms with van der Waals surface area (Å²) in [6, 6.07) is 3.92. The minimum Gasteiger partial charge on any atom is -0.329 e. The monoisotopic (exact) mass is 378 g/mol. The molecule has 21 heavy (non-hydrogen) atoms. The van der Waals surface area contributed by atoms with Crippen LogP contribution in [-0.4, -0.2) is 20.5 Å². The first-order chi connectivity index (χ1) is 9.81. The summed E-state index contributed by atoms with van der Waals surface area (Å²) in [5.74, 6) is -0.642. The van der Waals surface area contributed by atoms with Crippen LogP contribution in [0.25, 0.3) is 0 Å². The maximum atomic E-state index is 13.9. The third-order valence-electron chi connectivity index (χ3n) is 4.34. The molecule has 118 valence electrons. The first-order valence-corrected chi connectivity index (χ1v) is 9.27. The van der Waals surface area contributed by atoms with Crippen molar-refractivity contribution in [2.24, 2.45) is 11.7 Å². The van der Waals surface area contributed by atoms with Crippen LogP contribution >= 0.6 is 15.9 Å². The van der Waals surface area contributed by atoms with Crippen molar-refractivity contribution in [1.29, 1.82) is 0 Å². The Bertz CT molecular complexity index is 623. The third kappa shape index (κ3) is 3.47. The normalized spacial score (nSPS) is 26.8. The van der Waals surface area contributed by atoms with Crippen molar-refractivity contribution >= 4 is 26.0 Å². The van der Waals surface area contributed by atoms with E-state index in [4.69, 9.17) is 5.73 Å². The molecule has 1 aliphatic rings. The SMILES string of the molecule is CC1CCCCC1(CN)NS(=O)(=O)c1ccc(Br)cc1F. The summed E-state index contributed by atoms with van der Waals surface area (Å²) < 4.78 is 42.2. The first-order valence-electron chi connectivity index (χ1n) is 7.00. The summed E-state index contributed by atoms with van der Waals surface area (Å²) in [6.45, 7) is 2.21. The lowest BCUT2D eigenvalue weighted by atomic mass is 9.74. The van der Waals surface area contributed by atoms with E-state index in [9.17, 15) is 12.8 Å². The summed E-state index contributed by atoms with van der Waals surface area (Å²) >= 11 is 3.12. The molecule has 1 aromatic carbocycles. The number of benzene rings is 1. The van der Waals surface area contributed by atoms with Crippen molar-refractivity contribution in [2.45, 2.75) is 43.0 Å². The lowest BCUT2D eigenvalue weighted by Crippen LogP contribution is -2.59. The van der Waals surface area contributed by atoms with Crippen LogP contribution < -0.4 is 10.5 Å². The predicted octanol–water partition coefficient (Wildman–Crippen LogP) is 2.77. The number of sulfonamides is 1. The summed E-state index contributed by atoms with van der Waals surface area (Å²) in [7, 11) is -3.94. The van der Waals surface area contributed by atoms with Gasteiger partial charge in [-0.1, -0.05) is 35.7 Å². The van der Waals surface area contributed by atoms with Crippen LogP contribution in [0, 0.1) is 11.7 Å². The largest absolute Gasteiger partial charge is 0.329 e. The Morgan fingerprint density at radius 3 is 2.76 bits per heavy atom. The van der Waals surface area contributed by atoms with Crippen molar-refractivity contribution in [3.05, 3.63) is 28.5 Å². The van der Waals surface area contributed by atoms with Crippen LogP contribution in [0.2, 0.25) is 0 Å². The van der Waals surface area contributed by atoms with E-state index in [1.54, 1.807) is 0 Å². The summed E-state index contributed by atoms with van der Waals surface area (Å²) in [5, 5.41) is 0. The Morgan fingerprint density at radius 1 is 1.48 bits per heavy atom. The molecule has 0 heterocycles. The van der Waals surface area contributed by atoms with E-state index in [0.29, 0.717) is 10.9 Å². The van der Waals surface area contributed by atoms with Crippen molar-refractivity contribution in [2.75, 3.05) is 6.54 Å². The second-order valence-corrected chi connectivity index (χ2v) is 8.25. The number of hydrogen-bond acceptors (Lipinski definition) is 3. The van der Waals surface area contributed by atoms with E-state index in [2.05, 4.69) is 20.7 Å². The Kier molecular flexibility index (Phi) is 5.07. The van der Waals surface area contributed by atoms with Crippen molar-refractivity contribution in [3.63, 3.8) is 0 Å². The van der Waals surface area contributed by atoms with Gasteiger partial charge in [0.2, 0.25) is 10.0 Å². The predicted molar refractivity (Wildman–Crippen MR) is 83.8 cm³/mol.